The van der Waals surface area contributed by atoms with Crippen molar-refractivity contribution >= 4 is 23.7 Å². The Bertz CT molecular complexity index is 891. The third kappa shape index (κ3) is 6.14. The molecule has 0 saturated carbocycles. The van der Waals surface area contributed by atoms with E-state index in [0.29, 0.717) is 45.2 Å². The molecular weight excluding hydrogens is 436 g/mol. The maximum Gasteiger partial charge on any atom is 0.326 e. The number of likely N-dealkylation sites (tertiary alicyclic amines) is 2. The molecule has 4 unspecified atom stereocenters. The molecule has 0 spiro atoms. The van der Waals surface area contributed by atoms with Crippen molar-refractivity contribution in [3.05, 3.63) is 35.9 Å². The number of nitrogens with one attached hydrogen (secondary N) is 1. The summed E-state index contributed by atoms with van der Waals surface area (Å²) in [6.07, 6.45) is 2.95. The molecule has 4 N–H and O–H groups in total. The number of rotatable bonds is 9. The Labute approximate surface area is 200 Å². The molecule has 0 aliphatic carbocycles. The van der Waals surface area contributed by atoms with Gasteiger partial charge in [-0.15, -0.1) is 0 Å². The van der Waals surface area contributed by atoms with Crippen LogP contribution in [0, 0.1) is 5.92 Å². The number of carbonyl (C=O) groups is 4. The average molecular weight is 473 g/mol. The van der Waals surface area contributed by atoms with E-state index in [0.717, 1.165) is 5.56 Å². The summed E-state index contributed by atoms with van der Waals surface area (Å²) in [4.78, 5) is 54.2. The molecule has 2 heterocycles. The SMILES string of the molecule is CC(C)CC(N)C(=O)N1CCCC1C(=O)NC(Cc1ccccc1)C(=O)N1CCCC1C(=O)O. The van der Waals surface area contributed by atoms with E-state index in [9.17, 15) is 24.3 Å². The smallest absolute Gasteiger partial charge is 0.326 e. The van der Waals surface area contributed by atoms with E-state index in [1.54, 1.807) is 0 Å². The maximum absolute atomic E-state index is 13.4. The highest BCUT2D eigenvalue weighted by Crippen LogP contribution is 2.22. The number of carboxylic acid groups (broad SMARTS) is 1. The molecule has 0 bridgehead atoms. The van der Waals surface area contributed by atoms with Gasteiger partial charge in [-0.2, -0.15) is 0 Å². The van der Waals surface area contributed by atoms with Crippen molar-refractivity contribution in [2.45, 2.75) is 76.5 Å². The predicted molar refractivity (Wildman–Crippen MR) is 127 cm³/mol. The first-order valence-electron chi connectivity index (χ1n) is 12.1. The molecule has 9 heteroatoms. The minimum absolute atomic E-state index is 0.238. The van der Waals surface area contributed by atoms with Crippen molar-refractivity contribution in [1.82, 2.24) is 15.1 Å². The first kappa shape index (κ1) is 25.7. The zero-order valence-corrected chi connectivity index (χ0v) is 20.0. The Kier molecular flexibility index (Phi) is 8.66. The van der Waals surface area contributed by atoms with E-state index in [1.807, 2.05) is 44.2 Å². The standard InChI is InChI=1S/C25H36N4O5/c1-16(2)14-18(26)23(31)28-12-6-10-20(28)22(30)27-19(15-17-8-4-3-5-9-17)24(32)29-13-7-11-21(29)25(33)34/h3-5,8-9,16,18-21H,6-7,10-15,26H2,1-2H3,(H,27,30)(H,33,34). The number of carboxylic acids is 1. The molecule has 0 aromatic heterocycles. The summed E-state index contributed by atoms with van der Waals surface area (Å²) in [5.41, 5.74) is 6.95. The lowest BCUT2D eigenvalue weighted by Crippen LogP contribution is -2.57. The minimum Gasteiger partial charge on any atom is -0.480 e. The Morgan fingerprint density at radius 3 is 2.18 bits per heavy atom. The van der Waals surface area contributed by atoms with Gasteiger partial charge in [-0.25, -0.2) is 4.79 Å². The van der Waals surface area contributed by atoms with Gasteiger partial charge < -0.3 is 26.0 Å². The monoisotopic (exact) mass is 472 g/mol. The van der Waals surface area contributed by atoms with E-state index < -0.39 is 42.0 Å². The third-order valence-corrected chi connectivity index (χ3v) is 6.60. The molecule has 2 aliphatic rings. The molecule has 1 aromatic rings. The van der Waals surface area contributed by atoms with Crippen molar-refractivity contribution in [2.75, 3.05) is 13.1 Å². The number of nitrogens with two attached hydrogens (primary N) is 1. The molecule has 4 atom stereocenters. The largest absolute Gasteiger partial charge is 0.480 e. The lowest BCUT2D eigenvalue weighted by molar-refractivity contribution is -0.149. The topological polar surface area (TPSA) is 133 Å². The summed E-state index contributed by atoms with van der Waals surface area (Å²) < 4.78 is 0. The van der Waals surface area contributed by atoms with Crippen LogP contribution in [0.25, 0.3) is 0 Å². The fraction of sp³-hybridized carbons (Fsp3) is 0.600. The summed E-state index contributed by atoms with van der Waals surface area (Å²) >= 11 is 0. The molecule has 1 aromatic carbocycles. The van der Waals surface area contributed by atoms with E-state index in [-0.39, 0.29) is 18.2 Å². The van der Waals surface area contributed by atoms with Gasteiger partial charge in [-0.1, -0.05) is 44.2 Å². The number of benzene rings is 1. The van der Waals surface area contributed by atoms with Crippen molar-refractivity contribution in [1.29, 1.82) is 0 Å². The number of hydrogen-bond acceptors (Lipinski definition) is 5. The van der Waals surface area contributed by atoms with Gasteiger partial charge in [-0.3, -0.25) is 14.4 Å². The van der Waals surface area contributed by atoms with Gasteiger partial charge in [0, 0.05) is 19.5 Å². The Balaban J connectivity index is 1.77. The van der Waals surface area contributed by atoms with E-state index in [4.69, 9.17) is 5.73 Å². The van der Waals surface area contributed by atoms with Crippen LogP contribution in [0.1, 0.15) is 51.5 Å². The fourth-order valence-corrected chi connectivity index (χ4v) is 4.93. The number of nitrogens with zero attached hydrogens (tertiary/aromatic N) is 2. The Morgan fingerprint density at radius 2 is 1.59 bits per heavy atom. The molecule has 3 amide bonds. The van der Waals surface area contributed by atoms with Gasteiger partial charge in [0.1, 0.15) is 18.1 Å². The van der Waals surface area contributed by atoms with E-state index in [2.05, 4.69) is 5.32 Å². The molecule has 9 nitrogen and oxygen atoms in total. The van der Waals surface area contributed by atoms with Crippen molar-refractivity contribution in [2.24, 2.45) is 11.7 Å². The van der Waals surface area contributed by atoms with Gasteiger partial charge in [0.05, 0.1) is 6.04 Å². The molecule has 2 saturated heterocycles. The van der Waals surface area contributed by atoms with Crippen molar-refractivity contribution in [3.63, 3.8) is 0 Å². The third-order valence-electron chi connectivity index (χ3n) is 6.60. The Morgan fingerprint density at radius 1 is 1.00 bits per heavy atom. The molecule has 2 aliphatic heterocycles. The second-order valence-electron chi connectivity index (χ2n) is 9.70. The summed E-state index contributed by atoms with van der Waals surface area (Å²) in [6, 6.07) is 6.12. The molecule has 186 valence electrons. The van der Waals surface area contributed by atoms with Gasteiger partial charge in [-0.05, 0) is 43.6 Å². The zero-order chi connectivity index (χ0) is 24.8. The predicted octanol–water partition coefficient (Wildman–Crippen LogP) is 1.15. The van der Waals surface area contributed by atoms with Gasteiger partial charge >= 0.3 is 5.97 Å². The van der Waals surface area contributed by atoms with Crippen LogP contribution >= 0.6 is 0 Å². The van der Waals surface area contributed by atoms with Crippen LogP contribution in [-0.4, -0.2) is 75.9 Å². The number of amides is 3. The fourth-order valence-electron chi connectivity index (χ4n) is 4.93. The number of hydrogen-bond donors (Lipinski definition) is 3. The van der Waals surface area contributed by atoms with Crippen LogP contribution in [0.15, 0.2) is 30.3 Å². The molecule has 34 heavy (non-hydrogen) atoms. The van der Waals surface area contributed by atoms with Crippen LogP contribution in [0.2, 0.25) is 0 Å². The average Bonchev–Trinajstić information content (AvgIpc) is 3.48. The van der Waals surface area contributed by atoms with Crippen molar-refractivity contribution < 1.29 is 24.3 Å². The van der Waals surface area contributed by atoms with Crippen LogP contribution in [0.5, 0.6) is 0 Å². The number of carbonyl (C=O) groups excluding carboxylic acids is 3. The normalized spacial score (nSPS) is 22.0. The molecule has 2 fully saturated rings. The summed E-state index contributed by atoms with van der Waals surface area (Å²) in [5.74, 6) is -1.84. The second-order valence-corrected chi connectivity index (χ2v) is 9.70. The second kappa shape index (κ2) is 11.5. The maximum atomic E-state index is 13.4. The van der Waals surface area contributed by atoms with Crippen LogP contribution in [0.3, 0.4) is 0 Å². The van der Waals surface area contributed by atoms with Gasteiger partial charge in [0.25, 0.3) is 0 Å². The first-order valence-corrected chi connectivity index (χ1v) is 12.1. The van der Waals surface area contributed by atoms with Gasteiger partial charge in [0.2, 0.25) is 17.7 Å². The van der Waals surface area contributed by atoms with E-state index in [1.165, 1.54) is 9.80 Å². The number of aliphatic carboxylic acids is 1. The van der Waals surface area contributed by atoms with Crippen molar-refractivity contribution in [3.8, 4) is 0 Å². The summed E-state index contributed by atoms with van der Waals surface area (Å²) in [7, 11) is 0. The lowest BCUT2D eigenvalue weighted by Gasteiger charge is -2.31. The zero-order valence-electron chi connectivity index (χ0n) is 20.0. The highest BCUT2D eigenvalue weighted by Gasteiger charge is 2.40. The highest BCUT2D eigenvalue weighted by atomic mass is 16.4. The minimum atomic E-state index is -1.04. The molecule has 0 radical (unpaired) electrons. The lowest BCUT2D eigenvalue weighted by atomic mass is 10.0. The van der Waals surface area contributed by atoms with Crippen LogP contribution in [0.4, 0.5) is 0 Å². The van der Waals surface area contributed by atoms with Crippen LogP contribution < -0.4 is 11.1 Å². The molecule has 3 rings (SSSR count). The quantitative estimate of drug-likeness (QED) is 0.494. The first-order chi connectivity index (χ1) is 16.2. The van der Waals surface area contributed by atoms with Crippen LogP contribution in [-0.2, 0) is 25.6 Å². The highest BCUT2D eigenvalue weighted by molar-refractivity contribution is 5.94. The summed E-state index contributed by atoms with van der Waals surface area (Å²) in [5, 5.41) is 12.4. The summed E-state index contributed by atoms with van der Waals surface area (Å²) in [6.45, 7) is 4.77. The molecular formula is C25H36N4O5. The van der Waals surface area contributed by atoms with E-state index >= 15 is 0 Å². The Hall–Kier alpha value is -2.94. The van der Waals surface area contributed by atoms with Gasteiger partial charge in [0.15, 0.2) is 0 Å².